The summed E-state index contributed by atoms with van der Waals surface area (Å²) in [6, 6.07) is 8.57. The lowest BCUT2D eigenvalue weighted by Gasteiger charge is -2.16. The van der Waals surface area contributed by atoms with Crippen LogP contribution in [-0.4, -0.2) is 25.4 Å². The third-order valence-electron chi connectivity index (χ3n) is 3.50. The molecule has 138 valence electrons. The number of hydrogen-bond donors (Lipinski definition) is 1. The van der Waals surface area contributed by atoms with Gasteiger partial charge >= 0.3 is 6.18 Å². The van der Waals surface area contributed by atoms with Crippen molar-refractivity contribution >= 4 is 17.9 Å². The molecule has 1 N–H and O–H groups in total. The van der Waals surface area contributed by atoms with Crippen LogP contribution < -0.4 is 14.8 Å². The normalized spacial score (nSPS) is 12.2. The predicted octanol–water partition coefficient (Wildman–Crippen LogP) is 3.93. The number of benzene rings is 2. The van der Waals surface area contributed by atoms with Crippen molar-refractivity contribution in [3.8, 4) is 11.5 Å². The second kappa shape index (κ2) is 7.90. The number of alkyl halides is 3. The molecule has 0 saturated carbocycles. The molecule has 2 aromatic rings. The van der Waals surface area contributed by atoms with E-state index in [0.29, 0.717) is 12.0 Å². The highest BCUT2D eigenvalue weighted by Gasteiger charge is 2.30. The topological polar surface area (TPSA) is 64.6 Å². The highest BCUT2D eigenvalue weighted by atomic mass is 19.4. The summed E-state index contributed by atoms with van der Waals surface area (Å²) in [5.74, 6) is 0.0783. The summed E-state index contributed by atoms with van der Waals surface area (Å²) < 4.78 is 48.1. The Morgan fingerprint density at radius 3 is 2.35 bits per heavy atom. The number of halogens is 3. The molecule has 2 rings (SSSR count). The van der Waals surface area contributed by atoms with Crippen LogP contribution in [0, 0.1) is 0 Å². The zero-order valence-electron chi connectivity index (χ0n) is 14.0. The van der Waals surface area contributed by atoms with E-state index in [-0.39, 0.29) is 17.0 Å². The first-order valence-corrected chi connectivity index (χ1v) is 7.52. The number of methoxy groups -OCH3 is 1. The summed E-state index contributed by atoms with van der Waals surface area (Å²) in [7, 11) is 1.45. The zero-order valence-corrected chi connectivity index (χ0v) is 14.0. The molecule has 0 bridgehead atoms. The summed E-state index contributed by atoms with van der Waals surface area (Å²) in [5.41, 5.74) is -0.407. The molecular formula is C18H16F3NO4. The van der Waals surface area contributed by atoms with E-state index in [9.17, 15) is 22.8 Å². The van der Waals surface area contributed by atoms with Gasteiger partial charge in [-0.15, -0.1) is 0 Å². The molecule has 0 aliphatic rings. The van der Waals surface area contributed by atoms with E-state index < -0.39 is 23.8 Å². The molecule has 1 amide bonds. The van der Waals surface area contributed by atoms with Crippen LogP contribution in [0.4, 0.5) is 18.9 Å². The lowest BCUT2D eigenvalue weighted by Crippen LogP contribution is -2.30. The minimum Gasteiger partial charge on any atom is -0.497 e. The van der Waals surface area contributed by atoms with E-state index >= 15 is 0 Å². The van der Waals surface area contributed by atoms with E-state index in [0.717, 1.165) is 24.3 Å². The quantitative estimate of drug-likeness (QED) is 0.786. The average molecular weight is 367 g/mol. The molecule has 1 atom stereocenters. The van der Waals surface area contributed by atoms with Crippen molar-refractivity contribution in [2.45, 2.75) is 19.2 Å². The van der Waals surface area contributed by atoms with Gasteiger partial charge in [-0.2, -0.15) is 13.2 Å². The highest BCUT2D eigenvalue weighted by molar-refractivity contribution is 5.94. The van der Waals surface area contributed by atoms with Crippen molar-refractivity contribution in [1.82, 2.24) is 0 Å². The highest BCUT2D eigenvalue weighted by Crippen LogP contribution is 2.30. The Morgan fingerprint density at radius 2 is 1.81 bits per heavy atom. The van der Waals surface area contributed by atoms with Gasteiger partial charge in [0, 0.05) is 5.69 Å². The summed E-state index contributed by atoms with van der Waals surface area (Å²) in [5, 5.41) is 2.46. The minimum absolute atomic E-state index is 0.191. The standard InChI is InChI=1S/C18H16F3NO4/c1-11(26-16-8-7-15(25-2)9-12(16)10-23)17(24)22-14-5-3-13(4-6-14)18(19,20)21/h3-11H,1-2H3,(H,22,24)/t11-/m1/s1. The number of rotatable bonds is 6. The van der Waals surface area contributed by atoms with Crippen LogP contribution in [0.25, 0.3) is 0 Å². The molecule has 0 aliphatic carbocycles. The fourth-order valence-corrected chi connectivity index (χ4v) is 2.08. The third-order valence-corrected chi connectivity index (χ3v) is 3.50. The Morgan fingerprint density at radius 1 is 1.15 bits per heavy atom. The molecule has 26 heavy (non-hydrogen) atoms. The number of aldehydes is 1. The van der Waals surface area contributed by atoms with Gasteiger partial charge in [-0.1, -0.05) is 0 Å². The van der Waals surface area contributed by atoms with E-state index in [2.05, 4.69) is 5.32 Å². The first kappa shape index (κ1) is 19.3. The summed E-state index contributed by atoms with van der Waals surface area (Å²) in [6.07, 6.45) is -4.86. The molecule has 0 aromatic heterocycles. The summed E-state index contributed by atoms with van der Waals surface area (Å²) in [6.45, 7) is 1.46. The Labute approximate surface area is 147 Å². The van der Waals surface area contributed by atoms with Crippen molar-refractivity contribution in [3.05, 3.63) is 53.6 Å². The maximum atomic E-state index is 12.5. The summed E-state index contributed by atoms with van der Waals surface area (Å²) >= 11 is 0. The zero-order chi connectivity index (χ0) is 19.3. The SMILES string of the molecule is COc1ccc(O[C@H](C)C(=O)Nc2ccc(C(F)(F)F)cc2)c(C=O)c1. The third kappa shape index (κ3) is 4.75. The van der Waals surface area contributed by atoms with Crippen LogP contribution in [-0.2, 0) is 11.0 Å². The van der Waals surface area contributed by atoms with E-state index in [4.69, 9.17) is 9.47 Å². The maximum Gasteiger partial charge on any atom is 0.416 e. The number of nitrogens with one attached hydrogen (secondary N) is 1. The lowest BCUT2D eigenvalue weighted by atomic mass is 10.2. The van der Waals surface area contributed by atoms with Gasteiger partial charge in [-0.25, -0.2) is 0 Å². The maximum absolute atomic E-state index is 12.5. The Bertz CT molecular complexity index is 788. The second-order valence-electron chi connectivity index (χ2n) is 5.35. The van der Waals surface area contributed by atoms with Crippen molar-refractivity contribution in [3.63, 3.8) is 0 Å². The average Bonchev–Trinajstić information content (AvgIpc) is 2.61. The van der Waals surface area contributed by atoms with Crippen LogP contribution >= 0.6 is 0 Å². The molecule has 0 radical (unpaired) electrons. The fourth-order valence-electron chi connectivity index (χ4n) is 2.08. The Hall–Kier alpha value is -3.03. The lowest BCUT2D eigenvalue weighted by molar-refractivity contribution is -0.137. The molecule has 2 aromatic carbocycles. The number of anilines is 1. The van der Waals surface area contributed by atoms with Crippen LogP contribution in [0.1, 0.15) is 22.8 Å². The fraction of sp³-hybridized carbons (Fsp3) is 0.222. The Kier molecular flexibility index (Phi) is 5.86. The smallest absolute Gasteiger partial charge is 0.416 e. The van der Waals surface area contributed by atoms with Crippen LogP contribution in [0.2, 0.25) is 0 Å². The number of amides is 1. The van der Waals surface area contributed by atoms with Gasteiger partial charge in [-0.05, 0) is 49.4 Å². The van der Waals surface area contributed by atoms with Crippen LogP contribution in [0.15, 0.2) is 42.5 Å². The van der Waals surface area contributed by atoms with Crippen molar-refractivity contribution in [1.29, 1.82) is 0 Å². The number of carbonyl (C=O) groups excluding carboxylic acids is 2. The largest absolute Gasteiger partial charge is 0.497 e. The first-order chi connectivity index (χ1) is 12.2. The van der Waals surface area contributed by atoms with E-state index in [1.54, 1.807) is 6.07 Å². The Balaban J connectivity index is 2.05. The van der Waals surface area contributed by atoms with Crippen molar-refractivity contribution in [2.24, 2.45) is 0 Å². The van der Waals surface area contributed by atoms with Crippen molar-refractivity contribution < 1.29 is 32.2 Å². The van der Waals surface area contributed by atoms with Gasteiger partial charge in [0.05, 0.1) is 18.2 Å². The molecular weight excluding hydrogens is 351 g/mol. The first-order valence-electron chi connectivity index (χ1n) is 7.52. The second-order valence-corrected chi connectivity index (χ2v) is 5.35. The molecule has 5 nitrogen and oxygen atoms in total. The molecule has 0 unspecified atom stereocenters. The molecule has 0 saturated heterocycles. The van der Waals surface area contributed by atoms with E-state index in [1.807, 2.05) is 0 Å². The monoisotopic (exact) mass is 367 g/mol. The van der Waals surface area contributed by atoms with Gasteiger partial charge < -0.3 is 14.8 Å². The number of ether oxygens (including phenoxy) is 2. The number of hydrogen-bond acceptors (Lipinski definition) is 4. The number of carbonyl (C=O) groups is 2. The van der Waals surface area contributed by atoms with Crippen molar-refractivity contribution in [2.75, 3.05) is 12.4 Å². The molecule has 0 heterocycles. The molecule has 0 spiro atoms. The molecule has 8 heteroatoms. The summed E-state index contributed by atoms with van der Waals surface area (Å²) in [4.78, 5) is 23.3. The minimum atomic E-state index is -4.45. The van der Waals surface area contributed by atoms with Gasteiger partial charge in [0.15, 0.2) is 12.4 Å². The van der Waals surface area contributed by atoms with Gasteiger partial charge in [0.2, 0.25) is 0 Å². The predicted molar refractivity (Wildman–Crippen MR) is 88.5 cm³/mol. The molecule has 0 fully saturated rings. The van der Waals surface area contributed by atoms with Crippen LogP contribution in [0.5, 0.6) is 11.5 Å². The molecule has 0 aliphatic heterocycles. The van der Waals surface area contributed by atoms with Gasteiger partial charge in [0.1, 0.15) is 11.5 Å². The van der Waals surface area contributed by atoms with Crippen LogP contribution in [0.3, 0.4) is 0 Å². The van der Waals surface area contributed by atoms with Gasteiger partial charge in [0.25, 0.3) is 5.91 Å². The van der Waals surface area contributed by atoms with E-state index in [1.165, 1.54) is 26.2 Å². The van der Waals surface area contributed by atoms with Gasteiger partial charge in [-0.3, -0.25) is 9.59 Å².